The Morgan fingerprint density at radius 2 is 1.48 bits per heavy atom. The van der Waals surface area contributed by atoms with E-state index in [2.05, 4.69) is 0 Å². The average Bonchev–Trinajstić information content (AvgIpc) is 2.73. The Labute approximate surface area is 188 Å². The number of nitrogens with zero attached hydrogens (tertiary/aromatic N) is 1. The van der Waals surface area contributed by atoms with Crippen molar-refractivity contribution >= 4 is 33.3 Å². The number of carbonyl (C=O) groups is 1. The fourth-order valence-corrected chi connectivity index (χ4v) is 4.49. The Bertz CT molecular complexity index is 1140. The van der Waals surface area contributed by atoms with Crippen LogP contribution in [-0.4, -0.2) is 20.0 Å². The molecule has 0 aromatic heterocycles. The molecular weight excluding hydrogens is 434 g/mol. The van der Waals surface area contributed by atoms with Crippen LogP contribution < -0.4 is 4.31 Å². The maximum atomic E-state index is 13.4. The topological polar surface area (TPSA) is 63.7 Å². The standard InChI is InChI=1S/C24H24ClNO4S/c1-24(2,3)30-23(27)19-11-15-21(16-12-19)26(17-18-9-13-20(25)14-10-18)31(28,29)22-7-5-4-6-8-22/h4-16H,17H2,1-3H3. The van der Waals surface area contributed by atoms with E-state index in [1.165, 1.54) is 4.31 Å². The molecule has 31 heavy (non-hydrogen) atoms. The highest BCUT2D eigenvalue weighted by Gasteiger charge is 2.26. The smallest absolute Gasteiger partial charge is 0.338 e. The van der Waals surface area contributed by atoms with Gasteiger partial charge in [-0.05, 0) is 74.9 Å². The lowest BCUT2D eigenvalue weighted by molar-refractivity contribution is 0.00695. The zero-order valence-electron chi connectivity index (χ0n) is 17.6. The molecular formula is C24H24ClNO4S. The fourth-order valence-electron chi connectivity index (χ4n) is 2.89. The Kier molecular flexibility index (Phi) is 6.72. The van der Waals surface area contributed by atoms with E-state index in [0.29, 0.717) is 16.3 Å². The van der Waals surface area contributed by atoms with Crippen molar-refractivity contribution in [1.82, 2.24) is 0 Å². The van der Waals surface area contributed by atoms with Crippen LogP contribution in [0.5, 0.6) is 0 Å². The number of halogens is 1. The van der Waals surface area contributed by atoms with E-state index < -0.39 is 21.6 Å². The van der Waals surface area contributed by atoms with Gasteiger partial charge in [-0.3, -0.25) is 4.31 Å². The van der Waals surface area contributed by atoms with Gasteiger partial charge in [-0.25, -0.2) is 13.2 Å². The van der Waals surface area contributed by atoms with E-state index in [9.17, 15) is 13.2 Å². The molecule has 0 fully saturated rings. The summed E-state index contributed by atoms with van der Waals surface area (Å²) in [6.45, 7) is 5.48. The zero-order valence-corrected chi connectivity index (χ0v) is 19.2. The molecule has 0 aliphatic carbocycles. The van der Waals surface area contributed by atoms with Crippen LogP contribution in [0.1, 0.15) is 36.7 Å². The number of benzene rings is 3. The molecule has 3 aromatic carbocycles. The van der Waals surface area contributed by atoms with E-state index >= 15 is 0 Å². The second kappa shape index (κ2) is 9.12. The lowest BCUT2D eigenvalue weighted by Crippen LogP contribution is -2.30. The summed E-state index contributed by atoms with van der Waals surface area (Å²) in [6.07, 6.45) is 0. The van der Waals surface area contributed by atoms with E-state index in [-0.39, 0.29) is 11.4 Å². The van der Waals surface area contributed by atoms with Gasteiger partial charge in [0, 0.05) is 5.02 Å². The summed E-state index contributed by atoms with van der Waals surface area (Å²) < 4.78 is 33.5. The molecule has 0 unspecified atom stereocenters. The number of ether oxygens (including phenoxy) is 1. The first kappa shape index (κ1) is 22.8. The number of sulfonamides is 1. The summed E-state index contributed by atoms with van der Waals surface area (Å²) >= 11 is 5.97. The number of carbonyl (C=O) groups excluding carboxylic acids is 1. The number of hydrogen-bond acceptors (Lipinski definition) is 4. The highest BCUT2D eigenvalue weighted by Crippen LogP contribution is 2.27. The predicted octanol–water partition coefficient (Wildman–Crippen LogP) is 5.69. The first-order valence-electron chi connectivity index (χ1n) is 9.72. The second-order valence-corrected chi connectivity index (χ2v) is 10.3. The van der Waals surface area contributed by atoms with Crippen LogP contribution in [0.15, 0.2) is 83.8 Å². The quantitative estimate of drug-likeness (QED) is 0.446. The minimum atomic E-state index is -3.84. The van der Waals surface area contributed by atoms with Gasteiger partial charge in [-0.15, -0.1) is 0 Å². The third kappa shape index (κ3) is 5.87. The van der Waals surface area contributed by atoms with Gasteiger partial charge in [0.1, 0.15) is 5.60 Å². The first-order valence-corrected chi connectivity index (χ1v) is 11.5. The summed E-state index contributed by atoms with van der Waals surface area (Å²) in [5, 5.41) is 0.572. The van der Waals surface area contributed by atoms with E-state index in [4.69, 9.17) is 16.3 Å². The summed E-state index contributed by atoms with van der Waals surface area (Å²) in [5.74, 6) is -0.464. The van der Waals surface area contributed by atoms with Gasteiger partial charge in [0.05, 0.1) is 22.7 Å². The summed E-state index contributed by atoms with van der Waals surface area (Å²) in [6, 6.07) is 21.6. The normalized spacial score (nSPS) is 11.7. The SMILES string of the molecule is CC(C)(C)OC(=O)c1ccc(N(Cc2ccc(Cl)cc2)S(=O)(=O)c2ccccc2)cc1. The molecule has 0 amide bonds. The minimum absolute atomic E-state index is 0.111. The predicted molar refractivity (Wildman–Crippen MR) is 123 cm³/mol. The number of hydrogen-bond donors (Lipinski definition) is 0. The number of rotatable bonds is 6. The summed E-state index contributed by atoms with van der Waals surface area (Å²) in [4.78, 5) is 12.5. The van der Waals surface area contributed by atoms with Crippen LogP contribution in [0, 0.1) is 0 Å². The van der Waals surface area contributed by atoms with E-state index in [1.54, 1.807) is 99.6 Å². The number of anilines is 1. The van der Waals surface area contributed by atoms with Gasteiger partial charge in [0.25, 0.3) is 10.0 Å². The molecule has 0 aliphatic rings. The van der Waals surface area contributed by atoms with E-state index in [0.717, 1.165) is 5.56 Å². The second-order valence-electron chi connectivity index (χ2n) is 8.00. The molecule has 0 saturated heterocycles. The molecule has 0 atom stereocenters. The Morgan fingerprint density at radius 3 is 2.03 bits per heavy atom. The van der Waals surface area contributed by atoms with Crippen LogP contribution in [-0.2, 0) is 21.3 Å². The lowest BCUT2D eigenvalue weighted by atomic mass is 10.1. The van der Waals surface area contributed by atoms with Crippen molar-refractivity contribution in [3.05, 3.63) is 95.0 Å². The fraction of sp³-hybridized carbons (Fsp3) is 0.208. The van der Waals surface area contributed by atoms with Crippen molar-refractivity contribution < 1.29 is 17.9 Å². The molecule has 0 N–H and O–H groups in total. The van der Waals surface area contributed by atoms with Gasteiger partial charge >= 0.3 is 5.97 Å². The van der Waals surface area contributed by atoms with Crippen molar-refractivity contribution in [2.24, 2.45) is 0 Å². The lowest BCUT2D eigenvalue weighted by Gasteiger charge is -2.25. The third-order valence-corrected chi connectivity index (χ3v) is 6.40. The van der Waals surface area contributed by atoms with Crippen molar-refractivity contribution in [3.8, 4) is 0 Å². The van der Waals surface area contributed by atoms with Crippen LogP contribution in [0.3, 0.4) is 0 Å². The van der Waals surface area contributed by atoms with Gasteiger partial charge in [-0.2, -0.15) is 0 Å². The van der Waals surface area contributed by atoms with Crippen LogP contribution in [0.25, 0.3) is 0 Å². The highest BCUT2D eigenvalue weighted by molar-refractivity contribution is 7.92. The highest BCUT2D eigenvalue weighted by atomic mass is 35.5. The first-order chi connectivity index (χ1) is 14.6. The molecule has 0 heterocycles. The van der Waals surface area contributed by atoms with Crippen molar-refractivity contribution in [3.63, 3.8) is 0 Å². The van der Waals surface area contributed by atoms with Gasteiger partial charge in [-0.1, -0.05) is 41.9 Å². The number of esters is 1. The van der Waals surface area contributed by atoms with Crippen LogP contribution in [0.2, 0.25) is 5.02 Å². The van der Waals surface area contributed by atoms with Crippen molar-refractivity contribution in [2.45, 2.75) is 37.8 Å². The molecule has 162 valence electrons. The molecule has 0 radical (unpaired) electrons. The average molecular weight is 458 g/mol. The summed E-state index contributed by atoms with van der Waals surface area (Å²) in [7, 11) is -3.84. The molecule has 0 saturated carbocycles. The third-order valence-electron chi connectivity index (χ3n) is 4.36. The maximum Gasteiger partial charge on any atom is 0.338 e. The molecule has 0 bridgehead atoms. The Morgan fingerprint density at radius 1 is 0.903 bits per heavy atom. The Hall–Kier alpha value is -2.83. The molecule has 5 nitrogen and oxygen atoms in total. The van der Waals surface area contributed by atoms with Crippen molar-refractivity contribution in [2.75, 3.05) is 4.31 Å². The molecule has 3 aromatic rings. The van der Waals surface area contributed by atoms with Gasteiger partial charge in [0.2, 0.25) is 0 Å². The van der Waals surface area contributed by atoms with Gasteiger partial charge < -0.3 is 4.74 Å². The van der Waals surface area contributed by atoms with Crippen LogP contribution >= 0.6 is 11.6 Å². The van der Waals surface area contributed by atoms with Crippen LogP contribution in [0.4, 0.5) is 5.69 Å². The largest absolute Gasteiger partial charge is 0.456 e. The monoisotopic (exact) mass is 457 g/mol. The molecule has 0 spiro atoms. The molecule has 3 rings (SSSR count). The van der Waals surface area contributed by atoms with Gasteiger partial charge in [0.15, 0.2) is 0 Å². The molecule has 7 heteroatoms. The zero-order chi connectivity index (χ0) is 22.6. The van der Waals surface area contributed by atoms with E-state index in [1.807, 2.05) is 0 Å². The Balaban J connectivity index is 1.98. The van der Waals surface area contributed by atoms with Crippen molar-refractivity contribution in [1.29, 1.82) is 0 Å². The molecule has 0 aliphatic heterocycles. The maximum absolute atomic E-state index is 13.4. The summed E-state index contributed by atoms with van der Waals surface area (Å²) in [5.41, 5.74) is 0.945. The minimum Gasteiger partial charge on any atom is -0.456 e.